The summed E-state index contributed by atoms with van der Waals surface area (Å²) in [6.07, 6.45) is 4.36. The Morgan fingerprint density at radius 1 is 1.15 bits per heavy atom. The molecule has 114 valence electrons. The monoisotopic (exact) mass is 282 g/mol. The molecule has 0 saturated carbocycles. The minimum Gasteiger partial charge on any atom is -0.476 e. The molecule has 6 nitrogen and oxygen atoms in total. The molecule has 0 saturated heterocycles. The number of rotatable bonds is 10. The molecule has 1 aromatic rings. The predicted octanol–water partition coefficient (Wildman–Crippen LogP) is 2.60. The third-order valence-corrected chi connectivity index (χ3v) is 2.75. The molecule has 0 aliphatic heterocycles. The van der Waals surface area contributed by atoms with Crippen LogP contribution in [0.4, 0.5) is 11.5 Å². The normalized spacial score (nSPS) is 10.6. The van der Waals surface area contributed by atoms with E-state index in [4.69, 9.17) is 15.2 Å². The summed E-state index contributed by atoms with van der Waals surface area (Å²) in [5.74, 6) is 1.65. The van der Waals surface area contributed by atoms with E-state index in [1.54, 1.807) is 7.11 Å². The van der Waals surface area contributed by atoms with E-state index < -0.39 is 0 Å². The summed E-state index contributed by atoms with van der Waals surface area (Å²) in [6, 6.07) is 0. The second kappa shape index (κ2) is 9.36. The highest BCUT2D eigenvalue weighted by Gasteiger charge is 2.12. The first kappa shape index (κ1) is 16.5. The van der Waals surface area contributed by atoms with Crippen LogP contribution in [-0.2, 0) is 11.3 Å². The summed E-state index contributed by atoms with van der Waals surface area (Å²) in [4.78, 5) is 8.66. The van der Waals surface area contributed by atoms with Crippen LogP contribution in [0.2, 0.25) is 0 Å². The van der Waals surface area contributed by atoms with Crippen molar-refractivity contribution < 1.29 is 9.47 Å². The third-order valence-electron chi connectivity index (χ3n) is 2.75. The van der Waals surface area contributed by atoms with E-state index in [0.29, 0.717) is 36.4 Å². The maximum absolute atomic E-state index is 6.05. The van der Waals surface area contributed by atoms with Gasteiger partial charge >= 0.3 is 0 Å². The van der Waals surface area contributed by atoms with E-state index >= 15 is 0 Å². The Balaban J connectivity index is 2.80. The van der Waals surface area contributed by atoms with Gasteiger partial charge in [-0.3, -0.25) is 0 Å². The lowest BCUT2D eigenvalue weighted by Crippen LogP contribution is -2.12. The second-order valence-corrected chi connectivity index (χ2v) is 4.62. The van der Waals surface area contributed by atoms with Gasteiger partial charge in [-0.25, -0.2) is 4.98 Å². The number of nitrogens with two attached hydrogens (primary N) is 1. The average Bonchev–Trinajstić information content (AvgIpc) is 2.45. The lowest BCUT2D eigenvalue weighted by Gasteiger charge is -2.13. The van der Waals surface area contributed by atoms with E-state index in [9.17, 15) is 0 Å². The SMILES string of the molecule is CCCCCNc1nc(COC)nc(OCCC)c1N. The van der Waals surface area contributed by atoms with Crippen LogP contribution >= 0.6 is 0 Å². The molecular formula is C14H26N4O2. The Hall–Kier alpha value is -1.56. The van der Waals surface area contributed by atoms with Crippen molar-refractivity contribution in [1.29, 1.82) is 0 Å². The summed E-state index contributed by atoms with van der Waals surface area (Å²) < 4.78 is 10.6. The van der Waals surface area contributed by atoms with Crippen molar-refractivity contribution in [3.63, 3.8) is 0 Å². The number of nitrogens with one attached hydrogen (secondary N) is 1. The minimum atomic E-state index is 0.340. The van der Waals surface area contributed by atoms with Crippen molar-refractivity contribution in [2.45, 2.75) is 46.1 Å². The first-order chi connectivity index (χ1) is 9.72. The summed E-state index contributed by atoms with van der Waals surface area (Å²) in [5.41, 5.74) is 6.52. The molecule has 0 fully saturated rings. The number of aromatic nitrogens is 2. The lowest BCUT2D eigenvalue weighted by atomic mass is 10.2. The highest BCUT2D eigenvalue weighted by Crippen LogP contribution is 2.26. The quantitative estimate of drug-likeness (QED) is 0.642. The molecule has 3 N–H and O–H groups in total. The summed E-state index contributed by atoms with van der Waals surface area (Å²) >= 11 is 0. The zero-order chi connectivity index (χ0) is 14.8. The first-order valence-corrected chi connectivity index (χ1v) is 7.24. The zero-order valence-electron chi connectivity index (χ0n) is 12.7. The van der Waals surface area contributed by atoms with Gasteiger partial charge in [-0.2, -0.15) is 4.98 Å². The maximum atomic E-state index is 6.05. The Morgan fingerprint density at radius 3 is 2.60 bits per heavy atom. The number of nitrogens with zero attached hydrogens (tertiary/aromatic N) is 2. The Kier molecular flexibility index (Phi) is 7.72. The number of anilines is 2. The van der Waals surface area contributed by atoms with Crippen molar-refractivity contribution in [2.75, 3.05) is 31.3 Å². The average molecular weight is 282 g/mol. The molecule has 0 aliphatic rings. The van der Waals surface area contributed by atoms with E-state index in [-0.39, 0.29) is 0 Å². The van der Waals surface area contributed by atoms with Crippen molar-refractivity contribution in [3.8, 4) is 5.88 Å². The molecule has 0 spiro atoms. The van der Waals surface area contributed by atoms with Gasteiger partial charge in [0.05, 0.1) is 6.61 Å². The van der Waals surface area contributed by atoms with Gasteiger partial charge in [0.25, 0.3) is 0 Å². The number of methoxy groups -OCH3 is 1. The van der Waals surface area contributed by atoms with Gasteiger partial charge in [-0.15, -0.1) is 0 Å². The molecule has 1 heterocycles. The van der Waals surface area contributed by atoms with Crippen molar-refractivity contribution in [1.82, 2.24) is 9.97 Å². The van der Waals surface area contributed by atoms with Gasteiger partial charge in [0.1, 0.15) is 12.3 Å². The molecule has 0 radical (unpaired) electrons. The van der Waals surface area contributed by atoms with Gasteiger partial charge in [-0.05, 0) is 12.8 Å². The van der Waals surface area contributed by atoms with Gasteiger partial charge in [-0.1, -0.05) is 26.7 Å². The van der Waals surface area contributed by atoms with Crippen LogP contribution in [0.15, 0.2) is 0 Å². The molecule has 0 aliphatic carbocycles. The number of nitrogen functional groups attached to an aromatic ring is 1. The molecule has 0 unspecified atom stereocenters. The fraction of sp³-hybridized carbons (Fsp3) is 0.714. The van der Waals surface area contributed by atoms with E-state index in [2.05, 4.69) is 22.2 Å². The molecule has 0 atom stereocenters. The molecular weight excluding hydrogens is 256 g/mol. The van der Waals surface area contributed by atoms with E-state index in [1.807, 2.05) is 6.92 Å². The fourth-order valence-electron chi connectivity index (χ4n) is 1.71. The Bertz CT molecular complexity index is 399. The molecule has 0 bridgehead atoms. The van der Waals surface area contributed by atoms with Gasteiger partial charge < -0.3 is 20.5 Å². The third kappa shape index (κ3) is 5.21. The van der Waals surface area contributed by atoms with Crippen LogP contribution in [0, 0.1) is 0 Å². The molecule has 1 rings (SSSR count). The Labute approximate surface area is 121 Å². The summed E-state index contributed by atoms with van der Waals surface area (Å²) in [6.45, 7) is 5.98. The molecule has 20 heavy (non-hydrogen) atoms. The van der Waals surface area contributed by atoms with Crippen molar-refractivity contribution >= 4 is 11.5 Å². The number of hydrogen-bond acceptors (Lipinski definition) is 6. The van der Waals surface area contributed by atoms with Crippen LogP contribution in [0.3, 0.4) is 0 Å². The largest absolute Gasteiger partial charge is 0.476 e. The summed E-state index contributed by atoms with van der Waals surface area (Å²) in [7, 11) is 1.61. The van der Waals surface area contributed by atoms with E-state index in [1.165, 1.54) is 12.8 Å². The number of hydrogen-bond donors (Lipinski definition) is 2. The molecule has 1 aromatic heterocycles. The maximum Gasteiger partial charge on any atom is 0.242 e. The number of ether oxygens (including phenoxy) is 2. The highest BCUT2D eigenvalue weighted by atomic mass is 16.5. The zero-order valence-corrected chi connectivity index (χ0v) is 12.7. The van der Waals surface area contributed by atoms with Crippen LogP contribution in [0.5, 0.6) is 5.88 Å². The molecule has 0 aromatic carbocycles. The molecule has 6 heteroatoms. The van der Waals surface area contributed by atoms with Gasteiger partial charge in [0.15, 0.2) is 11.6 Å². The fourth-order valence-corrected chi connectivity index (χ4v) is 1.71. The number of unbranched alkanes of at least 4 members (excludes halogenated alkanes) is 2. The van der Waals surface area contributed by atoms with Crippen LogP contribution in [0.1, 0.15) is 45.4 Å². The van der Waals surface area contributed by atoms with Crippen LogP contribution < -0.4 is 15.8 Å². The van der Waals surface area contributed by atoms with Crippen LogP contribution in [-0.4, -0.2) is 30.2 Å². The van der Waals surface area contributed by atoms with Gasteiger partial charge in [0.2, 0.25) is 5.88 Å². The Morgan fingerprint density at radius 2 is 1.95 bits per heavy atom. The second-order valence-electron chi connectivity index (χ2n) is 4.62. The minimum absolute atomic E-state index is 0.340. The van der Waals surface area contributed by atoms with Crippen molar-refractivity contribution in [3.05, 3.63) is 5.82 Å². The smallest absolute Gasteiger partial charge is 0.242 e. The predicted molar refractivity (Wildman–Crippen MR) is 81.0 cm³/mol. The lowest BCUT2D eigenvalue weighted by molar-refractivity contribution is 0.176. The topological polar surface area (TPSA) is 82.3 Å². The van der Waals surface area contributed by atoms with E-state index in [0.717, 1.165) is 19.4 Å². The first-order valence-electron chi connectivity index (χ1n) is 7.24. The summed E-state index contributed by atoms with van der Waals surface area (Å²) in [5, 5.41) is 3.25. The van der Waals surface area contributed by atoms with Crippen LogP contribution in [0.25, 0.3) is 0 Å². The standard InChI is InChI=1S/C14H26N4O2/c1-4-6-7-8-16-13-12(15)14(20-9-5-2)18-11(17-13)10-19-3/h4-10,15H2,1-3H3,(H,16,17,18). The van der Waals surface area contributed by atoms with Gasteiger partial charge in [0, 0.05) is 13.7 Å². The van der Waals surface area contributed by atoms with Crippen molar-refractivity contribution in [2.24, 2.45) is 0 Å². The highest BCUT2D eigenvalue weighted by molar-refractivity contribution is 5.66. The molecule has 0 amide bonds.